The Bertz CT molecular complexity index is 823. The van der Waals surface area contributed by atoms with Crippen LogP contribution in [0.5, 0.6) is 0 Å². The van der Waals surface area contributed by atoms with Crippen LogP contribution in [0.2, 0.25) is 0 Å². The minimum atomic E-state index is -3.66. The second-order valence-electron chi connectivity index (χ2n) is 6.47. The van der Waals surface area contributed by atoms with Crippen LogP contribution < -0.4 is 5.32 Å². The van der Waals surface area contributed by atoms with Gasteiger partial charge >= 0.3 is 0 Å². The van der Waals surface area contributed by atoms with E-state index in [4.69, 9.17) is 0 Å². The third-order valence-corrected chi connectivity index (χ3v) is 6.58. The third kappa shape index (κ3) is 4.31. The molecule has 3 rings (SSSR count). The highest BCUT2D eigenvalue weighted by Crippen LogP contribution is 2.25. The topological polar surface area (TPSA) is 66.5 Å². The van der Waals surface area contributed by atoms with E-state index in [0.29, 0.717) is 19.5 Å². The molecule has 0 spiro atoms. The maximum Gasteiger partial charge on any atom is 0.243 e. The molecule has 1 fully saturated rings. The molecule has 2 aromatic carbocycles. The van der Waals surface area contributed by atoms with Crippen LogP contribution in [0.3, 0.4) is 0 Å². The van der Waals surface area contributed by atoms with Crippen molar-refractivity contribution >= 4 is 15.9 Å². The van der Waals surface area contributed by atoms with E-state index in [1.807, 2.05) is 30.3 Å². The smallest absolute Gasteiger partial charge is 0.243 e. The van der Waals surface area contributed by atoms with Gasteiger partial charge in [0.05, 0.1) is 4.90 Å². The summed E-state index contributed by atoms with van der Waals surface area (Å²) in [5, 5.41) is 2.91. The molecule has 1 saturated heterocycles. The van der Waals surface area contributed by atoms with Crippen LogP contribution in [0.4, 0.5) is 0 Å². The second-order valence-corrected chi connectivity index (χ2v) is 8.36. The van der Waals surface area contributed by atoms with Gasteiger partial charge in [0.15, 0.2) is 0 Å². The molecule has 6 heteroatoms. The number of amides is 1. The molecule has 1 unspecified atom stereocenters. The van der Waals surface area contributed by atoms with Crippen molar-refractivity contribution in [3.05, 3.63) is 66.2 Å². The number of nitrogens with one attached hydrogen (secondary N) is 1. The van der Waals surface area contributed by atoms with Gasteiger partial charge in [0.1, 0.15) is 6.04 Å². The lowest BCUT2D eigenvalue weighted by Crippen LogP contribution is -2.52. The Labute approximate surface area is 155 Å². The summed E-state index contributed by atoms with van der Waals surface area (Å²) in [6.45, 7) is 0.882. The van der Waals surface area contributed by atoms with Crippen molar-refractivity contribution in [2.45, 2.75) is 36.6 Å². The van der Waals surface area contributed by atoms with E-state index in [1.54, 1.807) is 30.3 Å². The number of piperidine rings is 1. The van der Waals surface area contributed by atoms with Gasteiger partial charge in [-0.05, 0) is 37.0 Å². The average molecular weight is 372 g/mol. The van der Waals surface area contributed by atoms with Gasteiger partial charge in [-0.15, -0.1) is 0 Å². The zero-order valence-electron chi connectivity index (χ0n) is 14.7. The second kappa shape index (κ2) is 8.47. The summed E-state index contributed by atoms with van der Waals surface area (Å²) in [5.74, 6) is -0.208. The van der Waals surface area contributed by atoms with Gasteiger partial charge in [-0.3, -0.25) is 4.79 Å². The minimum absolute atomic E-state index is 0.208. The van der Waals surface area contributed by atoms with Crippen LogP contribution in [-0.4, -0.2) is 37.8 Å². The minimum Gasteiger partial charge on any atom is -0.354 e. The Morgan fingerprint density at radius 1 is 1.00 bits per heavy atom. The van der Waals surface area contributed by atoms with Crippen molar-refractivity contribution in [3.8, 4) is 0 Å². The first-order valence-electron chi connectivity index (χ1n) is 8.97. The van der Waals surface area contributed by atoms with E-state index in [2.05, 4.69) is 5.32 Å². The van der Waals surface area contributed by atoms with E-state index in [1.165, 1.54) is 4.31 Å². The van der Waals surface area contributed by atoms with Crippen molar-refractivity contribution in [2.24, 2.45) is 0 Å². The lowest BCUT2D eigenvalue weighted by Gasteiger charge is -2.33. The lowest BCUT2D eigenvalue weighted by molar-refractivity contribution is -0.125. The van der Waals surface area contributed by atoms with Crippen molar-refractivity contribution in [3.63, 3.8) is 0 Å². The largest absolute Gasteiger partial charge is 0.354 e. The van der Waals surface area contributed by atoms with E-state index in [-0.39, 0.29) is 10.8 Å². The fourth-order valence-electron chi connectivity index (χ4n) is 3.28. The molecule has 1 N–H and O–H groups in total. The first-order valence-corrected chi connectivity index (χ1v) is 10.4. The summed E-state index contributed by atoms with van der Waals surface area (Å²) in [6, 6.07) is 17.6. The van der Waals surface area contributed by atoms with Crippen molar-refractivity contribution in [2.75, 3.05) is 13.1 Å². The summed E-state index contributed by atoms with van der Waals surface area (Å²) < 4.78 is 27.3. The molecule has 5 nitrogen and oxygen atoms in total. The van der Waals surface area contributed by atoms with Crippen LogP contribution in [0.25, 0.3) is 0 Å². The number of hydrogen-bond acceptors (Lipinski definition) is 3. The summed E-state index contributed by atoms with van der Waals surface area (Å²) in [7, 11) is -3.66. The highest BCUT2D eigenvalue weighted by atomic mass is 32.2. The molecule has 2 aromatic rings. The number of nitrogens with zero attached hydrogens (tertiary/aromatic N) is 1. The third-order valence-electron chi connectivity index (χ3n) is 4.66. The highest BCUT2D eigenvalue weighted by Gasteiger charge is 2.37. The fraction of sp³-hybridized carbons (Fsp3) is 0.350. The molecule has 0 aromatic heterocycles. The average Bonchev–Trinajstić information content (AvgIpc) is 2.69. The van der Waals surface area contributed by atoms with E-state index < -0.39 is 16.1 Å². The standard InChI is InChI=1S/C20H24N2O3S/c23-20(21-15-14-17-9-3-1-4-10-17)19-13-7-8-16-22(19)26(24,25)18-11-5-2-6-12-18/h1-6,9-12,19H,7-8,13-16H2,(H,21,23). The van der Waals surface area contributed by atoms with Crippen molar-refractivity contribution < 1.29 is 13.2 Å². The van der Waals surface area contributed by atoms with Gasteiger partial charge < -0.3 is 5.32 Å². The van der Waals surface area contributed by atoms with E-state index >= 15 is 0 Å². The molecule has 1 amide bonds. The van der Waals surface area contributed by atoms with Gasteiger partial charge in [-0.25, -0.2) is 8.42 Å². The molecule has 0 bridgehead atoms. The number of rotatable bonds is 6. The van der Waals surface area contributed by atoms with Gasteiger partial charge in [-0.1, -0.05) is 55.0 Å². The highest BCUT2D eigenvalue weighted by molar-refractivity contribution is 7.89. The van der Waals surface area contributed by atoms with Crippen molar-refractivity contribution in [1.29, 1.82) is 0 Å². The van der Waals surface area contributed by atoms with E-state index in [0.717, 1.165) is 24.8 Å². The Morgan fingerprint density at radius 2 is 1.65 bits per heavy atom. The molecule has 0 radical (unpaired) electrons. The Balaban J connectivity index is 1.67. The predicted octanol–water partition coefficient (Wildman–Crippen LogP) is 2.59. The molecule has 1 aliphatic rings. The zero-order valence-corrected chi connectivity index (χ0v) is 15.5. The molecule has 1 atom stereocenters. The van der Waals surface area contributed by atoms with Crippen LogP contribution in [-0.2, 0) is 21.2 Å². The maximum absolute atomic E-state index is 12.9. The van der Waals surface area contributed by atoms with Gasteiger partial charge in [0.25, 0.3) is 0 Å². The maximum atomic E-state index is 12.9. The van der Waals surface area contributed by atoms with Gasteiger partial charge in [0.2, 0.25) is 15.9 Å². The summed E-state index contributed by atoms with van der Waals surface area (Å²) in [5.41, 5.74) is 1.14. The summed E-state index contributed by atoms with van der Waals surface area (Å²) >= 11 is 0. The number of benzene rings is 2. The van der Waals surface area contributed by atoms with Crippen LogP contribution in [0.15, 0.2) is 65.6 Å². The number of carbonyl (C=O) groups excluding carboxylic acids is 1. The number of carbonyl (C=O) groups is 1. The lowest BCUT2D eigenvalue weighted by atomic mass is 10.0. The monoisotopic (exact) mass is 372 g/mol. The molecule has 138 valence electrons. The fourth-order valence-corrected chi connectivity index (χ4v) is 4.95. The Kier molecular flexibility index (Phi) is 6.06. The molecular weight excluding hydrogens is 348 g/mol. The molecule has 0 saturated carbocycles. The molecule has 1 aliphatic heterocycles. The molecule has 1 heterocycles. The summed E-state index contributed by atoms with van der Waals surface area (Å²) in [4.78, 5) is 12.9. The van der Waals surface area contributed by atoms with E-state index in [9.17, 15) is 13.2 Å². The zero-order chi connectivity index (χ0) is 18.4. The quantitative estimate of drug-likeness (QED) is 0.848. The number of hydrogen-bond donors (Lipinski definition) is 1. The SMILES string of the molecule is O=C(NCCc1ccccc1)C1CCCCN1S(=O)(=O)c1ccccc1. The normalized spacial score (nSPS) is 18.4. The van der Waals surface area contributed by atoms with Crippen molar-refractivity contribution in [1.82, 2.24) is 9.62 Å². The molecular formula is C20H24N2O3S. The van der Waals surface area contributed by atoms with Gasteiger partial charge in [0, 0.05) is 13.1 Å². The molecule has 0 aliphatic carbocycles. The summed E-state index contributed by atoms with van der Waals surface area (Å²) in [6.07, 6.45) is 2.92. The predicted molar refractivity (Wildman–Crippen MR) is 101 cm³/mol. The van der Waals surface area contributed by atoms with Crippen LogP contribution in [0, 0.1) is 0 Å². The van der Waals surface area contributed by atoms with Gasteiger partial charge in [-0.2, -0.15) is 4.31 Å². The number of sulfonamides is 1. The van der Waals surface area contributed by atoms with Crippen LogP contribution in [0.1, 0.15) is 24.8 Å². The first kappa shape index (κ1) is 18.6. The van der Waals surface area contributed by atoms with Crippen LogP contribution >= 0.6 is 0 Å². The Morgan fingerprint density at radius 3 is 2.35 bits per heavy atom. The Hall–Kier alpha value is -2.18. The first-order chi connectivity index (χ1) is 12.6. The molecule has 26 heavy (non-hydrogen) atoms.